The molecule has 0 bridgehead atoms. The van der Waals surface area contributed by atoms with Crippen molar-refractivity contribution in [3.05, 3.63) is 66.6 Å². The van der Waals surface area contributed by atoms with E-state index in [4.69, 9.17) is 5.10 Å². The molecule has 0 radical (unpaired) electrons. The van der Waals surface area contributed by atoms with E-state index >= 15 is 0 Å². The molecule has 2 aromatic heterocycles. The third-order valence-electron chi connectivity index (χ3n) is 4.95. The van der Waals surface area contributed by atoms with Crippen LogP contribution in [0, 0.1) is 0 Å². The Kier molecular flexibility index (Phi) is 4.89. The van der Waals surface area contributed by atoms with Crippen molar-refractivity contribution < 1.29 is 0 Å². The lowest BCUT2D eigenvalue weighted by Gasteiger charge is -2.22. The summed E-state index contributed by atoms with van der Waals surface area (Å²) in [7, 11) is 0. The number of hydrogen-bond acceptors (Lipinski definition) is 3. The molecule has 0 atom stereocenters. The van der Waals surface area contributed by atoms with Gasteiger partial charge in [-0.05, 0) is 37.1 Å². The van der Waals surface area contributed by atoms with Crippen LogP contribution >= 0.6 is 0 Å². The number of nitrogens with zero attached hydrogens (tertiary/aromatic N) is 3. The van der Waals surface area contributed by atoms with Crippen molar-refractivity contribution in [2.45, 2.75) is 44.7 Å². The van der Waals surface area contributed by atoms with Crippen molar-refractivity contribution in [3.63, 3.8) is 0 Å². The highest BCUT2D eigenvalue weighted by Crippen LogP contribution is 2.24. The van der Waals surface area contributed by atoms with Crippen LogP contribution in [0.3, 0.4) is 0 Å². The summed E-state index contributed by atoms with van der Waals surface area (Å²) in [5, 5.41) is 8.61. The average Bonchev–Trinajstić information content (AvgIpc) is 3.13. The van der Waals surface area contributed by atoms with E-state index in [1.807, 2.05) is 47.4 Å². The Bertz CT molecular complexity index is 789. The van der Waals surface area contributed by atoms with Gasteiger partial charge < -0.3 is 5.32 Å². The molecule has 1 aromatic carbocycles. The van der Waals surface area contributed by atoms with Crippen LogP contribution in [0.25, 0.3) is 16.9 Å². The lowest BCUT2D eigenvalue weighted by molar-refractivity contribution is 0.372. The molecular weight excluding hydrogens is 308 g/mol. The Hall–Kier alpha value is -2.46. The van der Waals surface area contributed by atoms with Gasteiger partial charge in [-0.1, -0.05) is 37.5 Å². The average molecular weight is 332 g/mol. The van der Waals surface area contributed by atoms with Gasteiger partial charge in [-0.3, -0.25) is 4.98 Å². The second kappa shape index (κ2) is 7.62. The molecule has 4 heteroatoms. The van der Waals surface area contributed by atoms with E-state index in [1.54, 1.807) is 0 Å². The summed E-state index contributed by atoms with van der Waals surface area (Å²) in [6, 6.07) is 15.0. The van der Waals surface area contributed by atoms with Crippen LogP contribution < -0.4 is 5.32 Å². The summed E-state index contributed by atoms with van der Waals surface area (Å²) in [6.07, 6.45) is 12.5. The Labute approximate surface area is 148 Å². The van der Waals surface area contributed by atoms with Crippen molar-refractivity contribution in [1.82, 2.24) is 20.1 Å². The lowest BCUT2D eigenvalue weighted by Crippen LogP contribution is -2.30. The van der Waals surface area contributed by atoms with Crippen LogP contribution in [-0.2, 0) is 6.54 Å². The fourth-order valence-electron chi connectivity index (χ4n) is 3.57. The minimum Gasteiger partial charge on any atom is -0.310 e. The van der Waals surface area contributed by atoms with Gasteiger partial charge in [0, 0.05) is 42.3 Å². The first kappa shape index (κ1) is 16.0. The third-order valence-corrected chi connectivity index (χ3v) is 4.95. The van der Waals surface area contributed by atoms with Gasteiger partial charge in [0.05, 0.1) is 11.4 Å². The molecule has 1 fully saturated rings. The smallest absolute Gasteiger partial charge is 0.0973 e. The normalized spacial score (nSPS) is 15.4. The van der Waals surface area contributed by atoms with E-state index in [2.05, 4.69) is 28.6 Å². The zero-order chi connectivity index (χ0) is 16.9. The quantitative estimate of drug-likeness (QED) is 0.755. The Balaban J connectivity index is 1.62. The van der Waals surface area contributed by atoms with Crippen LogP contribution in [0.4, 0.5) is 0 Å². The van der Waals surface area contributed by atoms with E-state index in [1.165, 1.54) is 37.7 Å². The minimum absolute atomic E-state index is 0.638. The molecule has 0 spiro atoms. The Morgan fingerprint density at radius 2 is 1.72 bits per heavy atom. The van der Waals surface area contributed by atoms with Gasteiger partial charge in [0.2, 0.25) is 0 Å². The summed E-state index contributed by atoms with van der Waals surface area (Å²) in [5.41, 5.74) is 4.47. The van der Waals surface area contributed by atoms with Crippen molar-refractivity contribution in [1.29, 1.82) is 0 Å². The van der Waals surface area contributed by atoms with Crippen molar-refractivity contribution in [2.24, 2.45) is 0 Å². The van der Waals surface area contributed by atoms with E-state index < -0.39 is 0 Å². The van der Waals surface area contributed by atoms with Crippen LogP contribution in [0.2, 0.25) is 0 Å². The van der Waals surface area contributed by atoms with Gasteiger partial charge in [-0.25, -0.2) is 4.68 Å². The monoisotopic (exact) mass is 332 g/mol. The lowest BCUT2D eigenvalue weighted by atomic mass is 9.95. The number of nitrogens with one attached hydrogen (secondary N) is 1. The molecule has 128 valence electrons. The van der Waals surface area contributed by atoms with Crippen LogP contribution in [0.1, 0.15) is 37.7 Å². The number of pyridine rings is 1. The number of hydrogen-bond donors (Lipinski definition) is 1. The molecule has 1 aliphatic rings. The maximum atomic E-state index is 4.86. The molecule has 1 aliphatic carbocycles. The molecular formula is C21H24N4. The third kappa shape index (κ3) is 3.80. The first-order valence-corrected chi connectivity index (χ1v) is 9.18. The van der Waals surface area contributed by atoms with E-state index in [0.717, 1.165) is 23.5 Å². The topological polar surface area (TPSA) is 42.7 Å². The standard InChI is InChI=1S/C21H24N4/c1-3-7-19(8-4-1)23-15-18-16-25(20-9-5-2-6-10-20)24-21(18)17-11-13-22-14-12-17/h2,5-6,9-14,16,19,23H,1,3-4,7-8,15H2. The Morgan fingerprint density at radius 1 is 0.960 bits per heavy atom. The number of rotatable bonds is 5. The highest BCUT2D eigenvalue weighted by molar-refractivity contribution is 5.62. The largest absolute Gasteiger partial charge is 0.310 e. The molecule has 2 heterocycles. The van der Waals surface area contributed by atoms with Gasteiger partial charge in [0.25, 0.3) is 0 Å². The maximum Gasteiger partial charge on any atom is 0.0973 e. The highest BCUT2D eigenvalue weighted by atomic mass is 15.3. The van der Waals surface area contributed by atoms with E-state index in [9.17, 15) is 0 Å². The van der Waals surface area contributed by atoms with Crippen LogP contribution in [0.15, 0.2) is 61.1 Å². The zero-order valence-electron chi connectivity index (χ0n) is 14.4. The highest BCUT2D eigenvalue weighted by Gasteiger charge is 2.16. The second-order valence-electron chi connectivity index (χ2n) is 6.73. The summed E-state index contributed by atoms with van der Waals surface area (Å²) >= 11 is 0. The zero-order valence-corrected chi connectivity index (χ0v) is 14.4. The molecule has 1 N–H and O–H groups in total. The first-order chi connectivity index (χ1) is 12.4. The summed E-state index contributed by atoms with van der Waals surface area (Å²) in [5.74, 6) is 0. The van der Waals surface area contributed by atoms with Gasteiger partial charge in [0.1, 0.15) is 0 Å². The van der Waals surface area contributed by atoms with Gasteiger partial charge in [-0.15, -0.1) is 0 Å². The molecule has 0 aliphatic heterocycles. The van der Waals surface area contributed by atoms with Gasteiger partial charge in [0.15, 0.2) is 0 Å². The van der Waals surface area contributed by atoms with Crippen molar-refractivity contribution >= 4 is 0 Å². The molecule has 25 heavy (non-hydrogen) atoms. The number of para-hydroxylation sites is 1. The number of benzene rings is 1. The molecule has 0 saturated heterocycles. The second-order valence-corrected chi connectivity index (χ2v) is 6.73. The fourth-order valence-corrected chi connectivity index (χ4v) is 3.57. The molecule has 1 saturated carbocycles. The van der Waals surface area contributed by atoms with Crippen molar-refractivity contribution in [3.8, 4) is 16.9 Å². The van der Waals surface area contributed by atoms with Gasteiger partial charge in [-0.2, -0.15) is 5.10 Å². The van der Waals surface area contributed by atoms with E-state index in [0.29, 0.717) is 6.04 Å². The maximum absolute atomic E-state index is 4.86. The summed E-state index contributed by atoms with van der Waals surface area (Å²) in [4.78, 5) is 4.13. The van der Waals surface area contributed by atoms with Crippen LogP contribution in [0.5, 0.6) is 0 Å². The molecule has 3 aromatic rings. The first-order valence-electron chi connectivity index (χ1n) is 9.18. The molecule has 4 rings (SSSR count). The fraction of sp³-hybridized carbons (Fsp3) is 0.333. The predicted molar refractivity (Wildman–Crippen MR) is 101 cm³/mol. The minimum atomic E-state index is 0.638. The predicted octanol–water partition coefficient (Wildman–Crippen LogP) is 4.36. The van der Waals surface area contributed by atoms with Crippen LogP contribution in [-0.4, -0.2) is 20.8 Å². The van der Waals surface area contributed by atoms with Crippen molar-refractivity contribution in [2.75, 3.05) is 0 Å². The Morgan fingerprint density at radius 3 is 2.48 bits per heavy atom. The molecule has 0 unspecified atom stereocenters. The molecule has 4 nitrogen and oxygen atoms in total. The number of aromatic nitrogens is 3. The summed E-state index contributed by atoms with van der Waals surface area (Å²) in [6.45, 7) is 0.856. The summed E-state index contributed by atoms with van der Waals surface area (Å²) < 4.78 is 1.98. The van der Waals surface area contributed by atoms with Gasteiger partial charge >= 0.3 is 0 Å². The SMILES string of the molecule is c1ccc(-n2cc(CNC3CCCCC3)c(-c3ccncc3)n2)cc1. The van der Waals surface area contributed by atoms with E-state index in [-0.39, 0.29) is 0 Å². The molecule has 0 amide bonds.